The van der Waals surface area contributed by atoms with E-state index in [2.05, 4.69) is 10.6 Å². The topological polar surface area (TPSA) is 87.5 Å². The van der Waals surface area contributed by atoms with Gasteiger partial charge in [-0.3, -0.25) is 14.9 Å². The van der Waals surface area contributed by atoms with E-state index in [1.165, 1.54) is 6.07 Å². The van der Waals surface area contributed by atoms with E-state index < -0.39 is 4.92 Å². The molecule has 0 saturated carbocycles. The van der Waals surface area contributed by atoms with Crippen molar-refractivity contribution in [3.05, 3.63) is 27.8 Å². The highest BCUT2D eigenvalue weighted by Gasteiger charge is 2.23. The Balaban J connectivity index is 2.31. The summed E-state index contributed by atoms with van der Waals surface area (Å²) in [4.78, 5) is 24.2. The Labute approximate surface area is 123 Å². The summed E-state index contributed by atoms with van der Waals surface area (Å²) in [5.41, 5.74) is 1.97. The van der Waals surface area contributed by atoms with E-state index in [4.69, 9.17) is 0 Å². The van der Waals surface area contributed by atoms with Crippen molar-refractivity contribution in [1.29, 1.82) is 0 Å². The predicted molar refractivity (Wildman–Crippen MR) is 81.7 cm³/mol. The molecule has 0 bridgehead atoms. The van der Waals surface area contributed by atoms with Crippen LogP contribution in [-0.2, 0) is 11.2 Å². The van der Waals surface area contributed by atoms with Crippen molar-refractivity contribution in [2.24, 2.45) is 0 Å². The van der Waals surface area contributed by atoms with E-state index in [9.17, 15) is 14.9 Å². The lowest BCUT2D eigenvalue weighted by Crippen LogP contribution is -2.30. The fourth-order valence-corrected chi connectivity index (χ4v) is 2.54. The molecule has 7 nitrogen and oxygen atoms in total. The van der Waals surface area contributed by atoms with Crippen LogP contribution in [0.5, 0.6) is 0 Å². The number of aryl methyl sites for hydroxylation is 1. The second-order valence-electron chi connectivity index (χ2n) is 5.64. The average molecular weight is 292 g/mol. The van der Waals surface area contributed by atoms with Crippen molar-refractivity contribution in [3.8, 4) is 0 Å². The van der Waals surface area contributed by atoms with Crippen LogP contribution >= 0.6 is 0 Å². The molecule has 0 saturated heterocycles. The third kappa shape index (κ3) is 3.69. The van der Waals surface area contributed by atoms with Crippen LogP contribution in [0.2, 0.25) is 0 Å². The SMILES string of the molecule is CC(CN(C)C)Nc1cc2c(cc1[N+](=O)[O-])NC(=O)CC2. The molecule has 21 heavy (non-hydrogen) atoms. The third-order valence-corrected chi connectivity index (χ3v) is 3.35. The van der Waals surface area contributed by atoms with Crippen LogP contribution < -0.4 is 10.6 Å². The maximum Gasteiger partial charge on any atom is 0.294 e. The summed E-state index contributed by atoms with van der Waals surface area (Å²) in [6, 6.07) is 3.30. The molecule has 1 aromatic rings. The van der Waals surface area contributed by atoms with E-state index in [1.807, 2.05) is 25.9 Å². The molecular weight excluding hydrogens is 272 g/mol. The fourth-order valence-electron chi connectivity index (χ4n) is 2.54. The Morgan fingerprint density at radius 3 is 2.76 bits per heavy atom. The molecule has 1 unspecified atom stereocenters. The maximum absolute atomic E-state index is 11.4. The van der Waals surface area contributed by atoms with E-state index >= 15 is 0 Å². The zero-order valence-corrected chi connectivity index (χ0v) is 12.5. The van der Waals surface area contributed by atoms with Crippen LogP contribution in [0.25, 0.3) is 0 Å². The molecule has 1 aromatic carbocycles. The van der Waals surface area contributed by atoms with Gasteiger partial charge in [-0.1, -0.05) is 0 Å². The first kappa shape index (κ1) is 15.2. The minimum absolute atomic E-state index is 0.0124. The number of rotatable bonds is 5. The fraction of sp³-hybridized carbons (Fsp3) is 0.500. The maximum atomic E-state index is 11.4. The van der Waals surface area contributed by atoms with Crippen molar-refractivity contribution >= 4 is 23.0 Å². The molecule has 0 spiro atoms. The first-order valence-corrected chi connectivity index (χ1v) is 6.89. The zero-order valence-electron chi connectivity index (χ0n) is 12.5. The summed E-state index contributed by atoms with van der Waals surface area (Å²) in [6.45, 7) is 2.75. The Hall–Kier alpha value is -2.15. The molecule has 0 aliphatic carbocycles. The first-order chi connectivity index (χ1) is 9.86. The summed E-state index contributed by atoms with van der Waals surface area (Å²) >= 11 is 0. The molecule has 1 aliphatic rings. The summed E-state index contributed by atoms with van der Waals surface area (Å²) in [5, 5.41) is 17.1. The van der Waals surface area contributed by atoms with E-state index in [0.29, 0.717) is 24.2 Å². The number of nitro benzene ring substituents is 1. The van der Waals surface area contributed by atoms with Gasteiger partial charge < -0.3 is 15.5 Å². The van der Waals surface area contributed by atoms with Crippen LogP contribution in [0.4, 0.5) is 17.1 Å². The summed E-state index contributed by atoms with van der Waals surface area (Å²) in [5.74, 6) is -0.0986. The normalized spacial score (nSPS) is 15.3. The van der Waals surface area contributed by atoms with Crippen LogP contribution in [-0.4, -0.2) is 42.4 Å². The standard InChI is InChI=1S/C14H20N4O3/c1-9(8-17(2)3)15-12-6-10-4-5-14(19)16-11(10)7-13(12)18(20)21/h6-7,9,15H,4-5,8H2,1-3H3,(H,16,19). The first-order valence-electron chi connectivity index (χ1n) is 6.89. The van der Waals surface area contributed by atoms with Gasteiger partial charge >= 0.3 is 0 Å². The van der Waals surface area contributed by atoms with Crippen molar-refractivity contribution < 1.29 is 9.72 Å². The number of fused-ring (bicyclic) bond motifs is 1. The van der Waals surface area contributed by atoms with Gasteiger partial charge in [-0.05, 0) is 39.1 Å². The number of hydrogen-bond donors (Lipinski definition) is 2. The lowest BCUT2D eigenvalue weighted by Gasteiger charge is -2.22. The third-order valence-electron chi connectivity index (χ3n) is 3.35. The van der Waals surface area contributed by atoms with Gasteiger partial charge in [-0.2, -0.15) is 0 Å². The van der Waals surface area contributed by atoms with E-state index in [-0.39, 0.29) is 17.6 Å². The van der Waals surface area contributed by atoms with Crippen molar-refractivity contribution in [2.75, 3.05) is 31.3 Å². The Bertz CT molecular complexity index is 572. The predicted octanol–water partition coefficient (Wildman–Crippen LogP) is 1.84. The molecular formula is C14H20N4O3. The number of hydrogen-bond acceptors (Lipinski definition) is 5. The highest BCUT2D eigenvalue weighted by atomic mass is 16.6. The number of nitrogens with one attached hydrogen (secondary N) is 2. The zero-order chi connectivity index (χ0) is 15.6. The molecule has 2 N–H and O–H groups in total. The second-order valence-corrected chi connectivity index (χ2v) is 5.64. The number of amides is 1. The summed E-state index contributed by atoms with van der Waals surface area (Å²) < 4.78 is 0. The van der Waals surface area contributed by atoms with E-state index in [0.717, 1.165) is 12.1 Å². The van der Waals surface area contributed by atoms with Gasteiger partial charge in [0.2, 0.25) is 5.91 Å². The number of anilines is 2. The van der Waals surface area contributed by atoms with Gasteiger partial charge in [0.05, 0.1) is 10.6 Å². The van der Waals surface area contributed by atoms with Gasteiger partial charge in [-0.15, -0.1) is 0 Å². The lowest BCUT2D eigenvalue weighted by molar-refractivity contribution is -0.383. The second kappa shape index (κ2) is 6.09. The summed E-state index contributed by atoms with van der Waals surface area (Å²) in [7, 11) is 3.91. The number of carbonyl (C=O) groups excluding carboxylic acids is 1. The minimum atomic E-state index is -0.425. The van der Waals surface area contributed by atoms with Gasteiger partial charge in [-0.25, -0.2) is 0 Å². The quantitative estimate of drug-likeness (QED) is 0.638. The van der Waals surface area contributed by atoms with Gasteiger partial charge in [0.25, 0.3) is 5.69 Å². The number of carbonyl (C=O) groups is 1. The smallest absolute Gasteiger partial charge is 0.294 e. The average Bonchev–Trinajstić information content (AvgIpc) is 2.37. The molecule has 0 fully saturated rings. The Morgan fingerprint density at radius 1 is 1.43 bits per heavy atom. The van der Waals surface area contributed by atoms with Crippen LogP contribution in [0.15, 0.2) is 12.1 Å². The van der Waals surface area contributed by atoms with Gasteiger partial charge in [0.15, 0.2) is 0 Å². The molecule has 1 atom stereocenters. The number of nitrogens with zero attached hydrogens (tertiary/aromatic N) is 2. The molecule has 114 valence electrons. The minimum Gasteiger partial charge on any atom is -0.376 e. The van der Waals surface area contributed by atoms with Crippen molar-refractivity contribution in [3.63, 3.8) is 0 Å². The molecule has 0 radical (unpaired) electrons. The van der Waals surface area contributed by atoms with Crippen LogP contribution in [0, 0.1) is 10.1 Å². The lowest BCUT2D eigenvalue weighted by atomic mass is 10.0. The van der Waals surface area contributed by atoms with Crippen LogP contribution in [0.1, 0.15) is 18.9 Å². The number of benzene rings is 1. The van der Waals surface area contributed by atoms with Gasteiger partial charge in [0.1, 0.15) is 5.69 Å². The largest absolute Gasteiger partial charge is 0.376 e. The molecule has 1 aliphatic heterocycles. The monoisotopic (exact) mass is 292 g/mol. The van der Waals surface area contributed by atoms with Crippen molar-refractivity contribution in [1.82, 2.24) is 4.90 Å². The molecule has 1 amide bonds. The van der Waals surface area contributed by atoms with Crippen molar-refractivity contribution in [2.45, 2.75) is 25.8 Å². The number of nitro groups is 1. The molecule has 2 rings (SSSR count). The highest BCUT2D eigenvalue weighted by molar-refractivity contribution is 5.95. The Morgan fingerprint density at radius 2 is 2.14 bits per heavy atom. The number of likely N-dealkylation sites (N-methyl/N-ethyl adjacent to an activating group) is 1. The van der Waals surface area contributed by atoms with E-state index in [1.54, 1.807) is 6.07 Å². The molecule has 1 heterocycles. The molecule has 7 heteroatoms. The summed E-state index contributed by atoms with van der Waals surface area (Å²) in [6.07, 6.45) is 1.02. The highest BCUT2D eigenvalue weighted by Crippen LogP contribution is 2.34. The Kier molecular flexibility index (Phi) is 4.42. The van der Waals surface area contributed by atoms with Crippen LogP contribution in [0.3, 0.4) is 0 Å². The van der Waals surface area contributed by atoms with Gasteiger partial charge in [0, 0.05) is 25.1 Å². The molecule has 0 aromatic heterocycles.